The number of nitrogens with one attached hydrogen (secondary N) is 3. The third-order valence-corrected chi connectivity index (χ3v) is 7.31. The van der Waals surface area contributed by atoms with E-state index in [1.807, 2.05) is 0 Å². The smallest absolute Gasteiger partial charge is 0.238 e. The largest absolute Gasteiger partial charge is 0.346 e. The molecule has 0 radical (unpaired) electrons. The average Bonchev–Trinajstić information content (AvgIpc) is 2.98. The Labute approximate surface area is 197 Å². The number of rotatable bonds is 16. The summed E-state index contributed by atoms with van der Waals surface area (Å²) in [4.78, 5) is 49.3. The van der Waals surface area contributed by atoms with Gasteiger partial charge in [-0.25, -0.2) is 13.1 Å². The fourth-order valence-corrected chi connectivity index (χ4v) is 5.14. The Morgan fingerprint density at radius 3 is 2.21 bits per heavy atom. The van der Waals surface area contributed by atoms with Crippen LogP contribution in [0.2, 0.25) is 0 Å². The van der Waals surface area contributed by atoms with E-state index >= 15 is 0 Å². The number of carbonyl (C=O) groups is 4. The molecule has 0 aliphatic carbocycles. The van der Waals surface area contributed by atoms with E-state index in [1.165, 1.54) is 13.0 Å². The fraction of sp³-hybridized carbons (Fsp3) is 0.739. The van der Waals surface area contributed by atoms with E-state index in [0.717, 1.165) is 32.1 Å². The van der Waals surface area contributed by atoms with Gasteiger partial charge in [0.25, 0.3) is 0 Å². The minimum Gasteiger partial charge on any atom is -0.346 e. The van der Waals surface area contributed by atoms with Gasteiger partial charge in [-0.05, 0) is 12.3 Å². The van der Waals surface area contributed by atoms with Gasteiger partial charge in [0.2, 0.25) is 27.7 Å². The van der Waals surface area contributed by atoms with Crippen molar-refractivity contribution in [3.8, 4) is 0 Å². The summed E-state index contributed by atoms with van der Waals surface area (Å²) in [6.45, 7) is 10.7. The third kappa shape index (κ3) is 9.37. The van der Waals surface area contributed by atoms with Gasteiger partial charge in [-0.3, -0.25) is 24.5 Å². The maximum atomic E-state index is 12.9. The molecule has 1 aliphatic rings. The number of imide groups is 1. The summed E-state index contributed by atoms with van der Waals surface area (Å²) in [6, 6.07) is -1.81. The summed E-state index contributed by atoms with van der Waals surface area (Å²) >= 11 is 0. The third-order valence-electron chi connectivity index (χ3n) is 5.83. The molecule has 0 saturated carbocycles. The topological polar surface area (TPSA) is 139 Å². The lowest BCUT2D eigenvalue weighted by molar-refractivity contribution is -0.137. The molecule has 188 valence electrons. The molecule has 0 spiro atoms. The fourth-order valence-electron chi connectivity index (χ4n) is 3.79. The van der Waals surface area contributed by atoms with Gasteiger partial charge in [0, 0.05) is 12.5 Å². The molecule has 0 bridgehead atoms. The number of carbonyl (C=O) groups excluding carboxylic acids is 4. The second kappa shape index (κ2) is 13.6. The van der Waals surface area contributed by atoms with E-state index in [4.69, 9.17) is 0 Å². The molecule has 3 N–H and O–H groups in total. The summed E-state index contributed by atoms with van der Waals surface area (Å²) in [5.74, 6) is -4.58. The van der Waals surface area contributed by atoms with Gasteiger partial charge in [-0.2, -0.15) is 0 Å². The van der Waals surface area contributed by atoms with E-state index < -0.39 is 57.4 Å². The quantitative estimate of drug-likeness (QED) is 0.132. The van der Waals surface area contributed by atoms with Crippen LogP contribution in [0.1, 0.15) is 72.6 Å². The van der Waals surface area contributed by atoms with E-state index in [1.54, 1.807) is 13.8 Å². The molecule has 0 aromatic heterocycles. The van der Waals surface area contributed by atoms with Crippen molar-refractivity contribution in [1.29, 1.82) is 0 Å². The highest BCUT2D eigenvalue weighted by Gasteiger charge is 2.46. The Morgan fingerprint density at radius 1 is 1.09 bits per heavy atom. The number of hydrogen-bond acceptors (Lipinski definition) is 6. The summed E-state index contributed by atoms with van der Waals surface area (Å²) in [5, 5.41) is 4.75. The molecule has 1 rings (SSSR count). The van der Waals surface area contributed by atoms with Crippen molar-refractivity contribution in [2.45, 2.75) is 84.7 Å². The zero-order valence-corrected chi connectivity index (χ0v) is 21.0. The van der Waals surface area contributed by atoms with E-state index in [0.29, 0.717) is 6.42 Å². The lowest BCUT2D eigenvalue weighted by Gasteiger charge is -2.25. The molecule has 0 aromatic rings. The number of hydrogen-bond donors (Lipinski definition) is 3. The highest BCUT2D eigenvalue weighted by molar-refractivity contribution is 7.89. The zero-order valence-electron chi connectivity index (χ0n) is 20.2. The van der Waals surface area contributed by atoms with Crippen LogP contribution in [0.15, 0.2) is 12.7 Å². The van der Waals surface area contributed by atoms with E-state index in [2.05, 4.69) is 28.9 Å². The predicted octanol–water partition coefficient (Wildman–Crippen LogP) is 1.83. The molecule has 0 unspecified atom stereocenters. The van der Waals surface area contributed by atoms with Gasteiger partial charge in [0.05, 0.1) is 17.7 Å². The lowest BCUT2D eigenvalue weighted by Crippen LogP contribution is -2.50. The van der Waals surface area contributed by atoms with Crippen molar-refractivity contribution >= 4 is 33.5 Å². The van der Waals surface area contributed by atoms with Gasteiger partial charge in [0.15, 0.2) is 5.78 Å². The van der Waals surface area contributed by atoms with Crippen molar-refractivity contribution < 1.29 is 27.6 Å². The summed E-state index contributed by atoms with van der Waals surface area (Å²) in [6.07, 6.45) is 6.82. The molecule has 10 heteroatoms. The first-order chi connectivity index (χ1) is 15.4. The minimum absolute atomic E-state index is 0.0269. The molecule has 1 saturated heterocycles. The Balaban J connectivity index is 2.66. The highest BCUT2D eigenvalue weighted by atomic mass is 32.2. The molecule has 1 heterocycles. The van der Waals surface area contributed by atoms with Crippen LogP contribution in [0.4, 0.5) is 0 Å². The molecule has 1 fully saturated rings. The number of ketones is 1. The van der Waals surface area contributed by atoms with Crippen LogP contribution < -0.4 is 15.4 Å². The first-order valence-electron chi connectivity index (χ1n) is 11.7. The zero-order chi connectivity index (χ0) is 25.2. The van der Waals surface area contributed by atoms with Gasteiger partial charge in [-0.1, -0.05) is 65.9 Å². The molecule has 33 heavy (non-hydrogen) atoms. The van der Waals surface area contributed by atoms with Crippen molar-refractivity contribution in [2.24, 2.45) is 17.8 Å². The van der Waals surface area contributed by atoms with Crippen molar-refractivity contribution in [3.05, 3.63) is 12.7 Å². The Hall–Kier alpha value is -2.07. The van der Waals surface area contributed by atoms with Crippen LogP contribution in [0, 0.1) is 17.8 Å². The maximum absolute atomic E-state index is 12.9. The van der Waals surface area contributed by atoms with Gasteiger partial charge >= 0.3 is 0 Å². The van der Waals surface area contributed by atoms with Crippen LogP contribution in [-0.2, 0) is 29.2 Å². The molecular formula is C23H39N3O6S. The maximum Gasteiger partial charge on any atom is 0.238 e. The summed E-state index contributed by atoms with van der Waals surface area (Å²) in [5.41, 5.74) is 0. The summed E-state index contributed by atoms with van der Waals surface area (Å²) in [7, 11) is -3.58. The SMILES string of the molecule is C=C[C@H](CC(=O)N[C@H](C(=O)[C@@H]1C(=O)NC(=O)[C@H]1C)C(C)C)NS(=O)(=O)CCCCCCCC. The first-order valence-corrected chi connectivity index (χ1v) is 13.4. The summed E-state index contributed by atoms with van der Waals surface area (Å²) < 4.78 is 27.2. The Bertz CT molecular complexity index is 824. The second-order valence-electron chi connectivity index (χ2n) is 9.06. The molecule has 4 atom stereocenters. The lowest BCUT2D eigenvalue weighted by atomic mass is 9.85. The second-order valence-corrected chi connectivity index (χ2v) is 10.9. The first kappa shape index (κ1) is 29.0. The van der Waals surface area contributed by atoms with Crippen LogP contribution in [0.3, 0.4) is 0 Å². The Kier molecular flexibility index (Phi) is 11.9. The van der Waals surface area contributed by atoms with Crippen LogP contribution in [0.5, 0.6) is 0 Å². The molecule has 0 aromatic carbocycles. The van der Waals surface area contributed by atoms with Crippen molar-refractivity contribution in [3.63, 3.8) is 0 Å². The normalized spacial score (nSPS) is 20.4. The number of unbranched alkanes of at least 4 members (excludes halogenated alkanes) is 5. The number of sulfonamides is 1. The highest BCUT2D eigenvalue weighted by Crippen LogP contribution is 2.23. The number of Topliss-reactive ketones (excluding diaryl/α,β-unsaturated/α-hetero) is 1. The molecular weight excluding hydrogens is 446 g/mol. The van der Waals surface area contributed by atoms with Crippen molar-refractivity contribution in [2.75, 3.05) is 5.75 Å². The van der Waals surface area contributed by atoms with E-state index in [-0.39, 0.29) is 18.1 Å². The molecule has 1 aliphatic heterocycles. The molecule has 9 nitrogen and oxygen atoms in total. The van der Waals surface area contributed by atoms with Crippen LogP contribution in [0.25, 0.3) is 0 Å². The van der Waals surface area contributed by atoms with E-state index in [9.17, 15) is 27.6 Å². The molecule has 3 amide bonds. The van der Waals surface area contributed by atoms with Gasteiger partial charge < -0.3 is 5.32 Å². The number of amides is 3. The predicted molar refractivity (Wildman–Crippen MR) is 126 cm³/mol. The average molecular weight is 486 g/mol. The van der Waals surface area contributed by atoms with Crippen molar-refractivity contribution in [1.82, 2.24) is 15.4 Å². The standard InChI is InChI=1S/C23H39N3O6S/c1-6-8-9-10-11-12-13-33(31,32)26-17(7-2)14-18(27)24-20(15(3)4)21(28)19-16(5)22(29)25-23(19)30/h7,15-17,19-20,26H,2,6,8-14H2,1,3-5H3,(H,24,27)(H,25,29,30)/t16-,17+,19+,20-/m0/s1. The van der Waals surface area contributed by atoms with Gasteiger partial charge in [-0.15, -0.1) is 6.58 Å². The van der Waals surface area contributed by atoms with Gasteiger partial charge in [0.1, 0.15) is 5.92 Å². The minimum atomic E-state index is -3.58. The Morgan fingerprint density at radius 2 is 1.70 bits per heavy atom. The van der Waals surface area contributed by atoms with Crippen LogP contribution >= 0.6 is 0 Å². The van der Waals surface area contributed by atoms with Crippen LogP contribution in [-0.4, -0.2) is 49.8 Å². The monoisotopic (exact) mass is 485 g/mol.